The Morgan fingerprint density at radius 2 is 1.91 bits per heavy atom. The Morgan fingerprint density at radius 1 is 1.27 bits per heavy atom. The molecule has 1 aromatic rings. The number of hydrogen-bond acceptors (Lipinski definition) is 4. The van der Waals surface area contributed by atoms with Gasteiger partial charge in [0.05, 0.1) is 24.0 Å². The Labute approximate surface area is 131 Å². The third-order valence-corrected chi connectivity index (χ3v) is 3.83. The summed E-state index contributed by atoms with van der Waals surface area (Å²) in [5.41, 5.74) is 0.478. The maximum absolute atomic E-state index is 12.3. The van der Waals surface area contributed by atoms with E-state index in [1.807, 2.05) is 20.8 Å². The molecule has 120 valence electrons. The second-order valence-electron chi connectivity index (χ2n) is 6.84. The fourth-order valence-electron chi connectivity index (χ4n) is 2.50. The highest BCUT2D eigenvalue weighted by molar-refractivity contribution is 5.92. The first-order valence-electron chi connectivity index (χ1n) is 7.66. The normalized spacial score (nSPS) is 18.9. The number of nitrogens with one attached hydrogen (secondary N) is 1. The van der Waals surface area contributed by atoms with Gasteiger partial charge in [-0.3, -0.25) is 9.59 Å². The summed E-state index contributed by atoms with van der Waals surface area (Å²) in [4.78, 5) is 34.1. The van der Waals surface area contributed by atoms with Gasteiger partial charge in [-0.1, -0.05) is 20.8 Å². The number of carbonyl (C=O) groups is 2. The maximum Gasteiger partial charge on any atom is 0.229 e. The van der Waals surface area contributed by atoms with Gasteiger partial charge in [0.2, 0.25) is 11.8 Å². The number of hydrogen-bond donors (Lipinski definition) is 1. The molecule has 6 heteroatoms. The van der Waals surface area contributed by atoms with Crippen molar-refractivity contribution in [2.24, 2.45) is 5.92 Å². The van der Waals surface area contributed by atoms with Gasteiger partial charge in [0.1, 0.15) is 5.82 Å². The molecule has 1 fully saturated rings. The van der Waals surface area contributed by atoms with Crippen molar-refractivity contribution in [1.82, 2.24) is 14.9 Å². The van der Waals surface area contributed by atoms with Crippen molar-refractivity contribution >= 4 is 17.5 Å². The number of likely N-dealkylation sites (tertiary alicyclic amines) is 1. The lowest BCUT2D eigenvalue weighted by Crippen LogP contribution is -2.42. The molecule has 2 amide bonds. The third-order valence-electron chi connectivity index (χ3n) is 3.83. The van der Waals surface area contributed by atoms with Gasteiger partial charge in [0.25, 0.3) is 0 Å². The predicted molar refractivity (Wildman–Crippen MR) is 84.3 cm³/mol. The second kappa shape index (κ2) is 6.42. The van der Waals surface area contributed by atoms with Gasteiger partial charge < -0.3 is 10.2 Å². The van der Waals surface area contributed by atoms with Gasteiger partial charge in [-0.15, -0.1) is 0 Å². The summed E-state index contributed by atoms with van der Waals surface area (Å²) in [6.07, 6.45) is 4.93. The molecule has 0 radical (unpaired) electrons. The molecule has 0 aromatic carbocycles. The van der Waals surface area contributed by atoms with Gasteiger partial charge >= 0.3 is 0 Å². The molecule has 1 aliphatic heterocycles. The molecule has 2 rings (SSSR count). The van der Waals surface area contributed by atoms with Crippen molar-refractivity contribution in [2.75, 3.05) is 18.4 Å². The van der Waals surface area contributed by atoms with E-state index in [2.05, 4.69) is 15.3 Å². The van der Waals surface area contributed by atoms with Crippen LogP contribution in [-0.4, -0.2) is 39.8 Å². The summed E-state index contributed by atoms with van der Waals surface area (Å²) < 4.78 is 0. The minimum atomic E-state index is -0.167. The topological polar surface area (TPSA) is 75.2 Å². The summed E-state index contributed by atoms with van der Waals surface area (Å²) in [7, 11) is 0. The molecule has 22 heavy (non-hydrogen) atoms. The van der Waals surface area contributed by atoms with Crippen LogP contribution in [-0.2, 0) is 15.0 Å². The van der Waals surface area contributed by atoms with Gasteiger partial charge in [-0.05, 0) is 12.8 Å². The van der Waals surface area contributed by atoms with Crippen molar-refractivity contribution in [3.63, 3.8) is 0 Å². The molecule has 0 unspecified atom stereocenters. The Bertz CT molecular complexity index is 548. The molecular weight excluding hydrogens is 280 g/mol. The Morgan fingerprint density at radius 3 is 2.45 bits per heavy atom. The van der Waals surface area contributed by atoms with Crippen LogP contribution in [0.3, 0.4) is 0 Å². The van der Waals surface area contributed by atoms with Gasteiger partial charge in [0, 0.05) is 25.4 Å². The van der Waals surface area contributed by atoms with Crippen LogP contribution in [0.2, 0.25) is 0 Å². The molecule has 2 heterocycles. The number of anilines is 1. The van der Waals surface area contributed by atoms with Crippen LogP contribution in [0.4, 0.5) is 5.69 Å². The summed E-state index contributed by atoms with van der Waals surface area (Å²) in [6, 6.07) is 0. The van der Waals surface area contributed by atoms with E-state index in [9.17, 15) is 9.59 Å². The second-order valence-corrected chi connectivity index (χ2v) is 6.84. The SMILES string of the molecule is CC(=O)N1CCC[C@@H](C(=O)Nc2cnc(C(C)(C)C)nc2)C1. The lowest BCUT2D eigenvalue weighted by Gasteiger charge is -2.31. The third kappa shape index (κ3) is 4.02. The number of aromatic nitrogens is 2. The van der Waals surface area contributed by atoms with Crippen molar-refractivity contribution in [3.8, 4) is 0 Å². The summed E-state index contributed by atoms with van der Waals surface area (Å²) in [5, 5.41) is 2.85. The summed E-state index contributed by atoms with van der Waals surface area (Å²) >= 11 is 0. The van der Waals surface area contributed by atoms with E-state index in [0.29, 0.717) is 12.2 Å². The van der Waals surface area contributed by atoms with Crippen LogP contribution in [0.15, 0.2) is 12.4 Å². The highest BCUT2D eigenvalue weighted by atomic mass is 16.2. The largest absolute Gasteiger partial charge is 0.342 e. The van der Waals surface area contributed by atoms with E-state index < -0.39 is 0 Å². The highest BCUT2D eigenvalue weighted by Crippen LogP contribution is 2.20. The van der Waals surface area contributed by atoms with Crippen molar-refractivity contribution < 1.29 is 9.59 Å². The molecule has 0 bridgehead atoms. The maximum atomic E-state index is 12.3. The Hall–Kier alpha value is -1.98. The van der Waals surface area contributed by atoms with E-state index in [1.165, 1.54) is 0 Å². The zero-order valence-corrected chi connectivity index (χ0v) is 13.7. The molecule has 1 aromatic heterocycles. The molecule has 1 aliphatic rings. The van der Waals surface area contributed by atoms with Crippen LogP contribution in [0.25, 0.3) is 0 Å². The van der Waals surface area contributed by atoms with Crippen molar-refractivity contribution in [3.05, 3.63) is 18.2 Å². The van der Waals surface area contributed by atoms with Crippen LogP contribution < -0.4 is 5.32 Å². The Balaban J connectivity index is 1.98. The average Bonchev–Trinajstić information content (AvgIpc) is 2.47. The molecule has 0 saturated carbocycles. The molecule has 1 N–H and O–H groups in total. The molecule has 1 saturated heterocycles. The summed E-state index contributed by atoms with van der Waals surface area (Å²) in [5.74, 6) is 0.527. The van der Waals surface area contributed by atoms with E-state index in [1.54, 1.807) is 24.2 Å². The predicted octanol–water partition coefficient (Wildman–Crippen LogP) is 1.97. The quantitative estimate of drug-likeness (QED) is 0.906. The molecule has 0 spiro atoms. The number of piperidine rings is 1. The van der Waals surface area contributed by atoms with Gasteiger partial charge in [-0.2, -0.15) is 0 Å². The molecule has 1 atom stereocenters. The fraction of sp³-hybridized carbons (Fsp3) is 0.625. The highest BCUT2D eigenvalue weighted by Gasteiger charge is 2.27. The number of rotatable bonds is 2. The molecule has 6 nitrogen and oxygen atoms in total. The van der Waals surface area contributed by atoms with Crippen molar-refractivity contribution in [1.29, 1.82) is 0 Å². The molecule has 0 aliphatic carbocycles. The van der Waals surface area contributed by atoms with E-state index in [-0.39, 0.29) is 23.1 Å². The van der Waals surface area contributed by atoms with Crippen LogP contribution in [0.5, 0.6) is 0 Å². The molecular formula is C16H24N4O2. The average molecular weight is 304 g/mol. The first-order valence-corrected chi connectivity index (χ1v) is 7.66. The Kier molecular flexibility index (Phi) is 4.78. The minimum Gasteiger partial charge on any atom is -0.342 e. The monoisotopic (exact) mass is 304 g/mol. The number of amides is 2. The number of nitrogens with zero attached hydrogens (tertiary/aromatic N) is 3. The summed E-state index contributed by atoms with van der Waals surface area (Å²) in [6.45, 7) is 8.89. The lowest BCUT2D eigenvalue weighted by atomic mass is 9.96. The van der Waals surface area contributed by atoms with Gasteiger partial charge in [-0.25, -0.2) is 9.97 Å². The van der Waals surface area contributed by atoms with Crippen molar-refractivity contribution in [2.45, 2.75) is 46.0 Å². The van der Waals surface area contributed by atoms with E-state index in [4.69, 9.17) is 0 Å². The van der Waals surface area contributed by atoms with E-state index >= 15 is 0 Å². The standard InChI is InChI=1S/C16H24N4O2/c1-11(21)20-7-5-6-12(10-20)14(22)19-13-8-17-15(18-9-13)16(2,3)4/h8-9,12H,5-7,10H2,1-4H3,(H,19,22)/t12-/m1/s1. The van der Waals surface area contributed by atoms with Crippen LogP contribution in [0.1, 0.15) is 46.4 Å². The number of carbonyl (C=O) groups excluding carboxylic acids is 2. The minimum absolute atomic E-state index is 0.0235. The van der Waals surface area contributed by atoms with Gasteiger partial charge in [0.15, 0.2) is 0 Å². The first-order chi connectivity index (χ1) is 10.3. The smallest absolute Gasteiger partial charge is 0.229 e. The van der Waals surface area contributed by atoms with Crippen LogP contribution in [0, 0.1) is 5.92 Å². The first kappa shape index (κ1) is 16.4. The fourth-order valence-corrected chi connectivity index (χ4v) is 2.50. The zero-order valence-electron chi connectivity index (χ0n) is 13.7. The lowest BCUT2D eigenvalue weighted by molar-refractivity contribution is -0.132. The van der Waals surface area contributed by atoms with E-state index in [0.717, 1.165) is 25.2 Å². The zero-order chi connectivity index (χ0) is 16.3. The van der Waals surface area contributed by atoms with Crippen LogP contribution >= 0.6 is 0 Å².